The van der Waals surface area contributed by atoms with E-state index in [1.807, 2.05) is 12.1 Å². The van der Waals surface area contributed by atoms with Gasteiger partial charge in [0.25, 0.3) is 0 Å². The smallest absolute Gasteiger partial charge is 0.345 e. The van der Waals surface area contributed by atoms with Crippen molar-refractivity contribution in [3.8, 4) is 22.4 Å². The number of sulfone groups is 1. The highest BCUT2D eigenvalue weighted by Gasteiger charge is 2.30. The summed E-state index contributed by atoms with van der Waals surface area (Å²) in [5, 5.41) is 4.89. The van der Waals surface area contributed by atoms with Gasteiger partial charge in [0.2, 0.25) is 0 Å². The number of fused-ring (bicyclic) bond motifs is 1. The molecule has 32 heavy (non-hydrogen) atoms. The fourth-order valence-electron chi connectivity index (χ4n) is 3.37. The monoisotopic (exact) mass is 489 g/mol. The van der Waals surface area contributed by atoms with Crippen molar-refractivity contribution in [3.05, 3.63) is 70.3 Å². The number of rotatable bonds is 5. The molecule has 0 saturated carbocycles. The summed E-state index contributed by atoms with van der Waals surface area (Å²) in [4.78, 5) is 17.1. The highest BCUT2D eigenvalue weighted by atomic mass is 35.5. The van der Waals surface area contributed by atoms with Crippen molar-refractivity contribution in [1.29, 1.82) is 0 Å². The fourth-order valence-corrected chi connectivity index (χ4v) is 4.51. The van der Waals surface area contributed by atoms with Crippen LogP contribution in [0.5, 0.6) is 0 Å². The van der Waals surface area contributed by atoms with Gasteiger partial charge in [0.1, 0.15) is 5.56 Å². The Bertz CT molecular complexity index is 1450. The van der Waals surface area contributed by atoms with E-state index in [1.54, 1.807) is 43.3 Å². The Balaban J connectivity index is 2.16. The summed E-state index contributed by atoms with van der Waals surface area (Å²) in [5.74, 6) is -0.817. The maximum Gasteiger partial charge on any atom is 0.345 e. The lowest BCUT2D eigenvalue weighted by molar-refractivity contribution is 0.0524. The van der Waals surface area contributed by atoms with E-state index in [-0.39, 0.29) is 17.8 Å². The third-order valence-corrected chi connectivity index (χ3v) is 6.29. The van der Waals surface area contributed by atoms with E-state index in [9.17, 15) is 13.2 Å². The molecular formula is C22H17Cl2N3O4S. The van der Waals surface area contributed by atoms with E-state index in [4.69, 9.17) is 27.9 Å². The zero-order chi connectivity index (χ0) is 23.0. The first-order valence-electron chi connectivity index (χ1n) is 9.52. The molecule has 10 heteroatoms. The fraction of sp³-hybridized carbons (Fsp3) is 0.136. The van der Waals surface area contributed by atoms with E-state index >= 15 is 0 Å². The summed E-state index contributed by atoms with van der Waals surface area (Å²) < 4.78 is 31.4. The van der Waals surface area contributed by atoms with Crippen LogP contribution in [0.15, 0.2) is 59.8 Å². The first kappa shape index (κ1) is 22.3. The summed E-state index contributed by atoms with van der Waals surface area (Å²) in [7, 11) is -3.87. The second-order valence-corrected chi connectivity index (χ2v) is 9.69. The first-order valence-corrected chi connectivity index (χ1v) is 12.2. The van der Waals surface area contributed by atoms with Crippen molar-refractivity contribution in [2.24, 2.45) is 0 Å². The van der Waals surface area contributed by atoms with Crippen LogP contribution in [0.2, 0.25) is 10.0 Å². The minimum atomic E-state index is -3.87. The van der Waals surface area contributed by atoms with Gasteiger partial charge in [-0.15, -0.1) is 0 Å². The molecule has 0 atom stereocenters. The normalized spacial score (nSPS) is 11.6. The van der Waals surface area contributed by atoms with E-state index in [0.29, 0.717) is 32.4 Å². The number of carbonyl (C=O) groups is 1. The Hall–Kier alpha value is -2.94. The van der Waals surface area contributed by atoms with Crippen molar-refractivity contribution >= 4 is 44.7 Å². The summed E-state index contributed by atoms with van der Waals surface area (Å²) in [5.41, 5.74) is 2.29. The van der Waals surface area contributed by atoms with Crippen LogP contribution < -0.4 is 0 Å². The summed E-state index contributed by atoms with van der Waals surface area (Å²) in [6.07, 6.45) is 2.52. The standard InChI is InChI=1S/C22H17Cl2N3O4S/c1-3-31-22(28)18-20-25-12-16(15-6-4-5-7-17(15)24)19(13-8-10-14(23)11-9-13)27(20)26-21(18)32(2,29)30/h4-12H,3H2,1-2H3. The zero-order valence-electron chi connectivity index (χ0n) is 17.0. The predicted octanol–water partition coefficient (Wildman–Crippen LogP) is 4.95. The third kappa shape index (κ3) is 3.97. The van der Waals surface area contributed by atoms with Gasteiger partial charge in [-0.05, 0) is 25.1 Å². The maximum absolute atomic E-state index is 12.7. The Morgan fingerprint density at radius 3 is 2.38 bits per heavy atom. The van der Waals surface area contributed by atoms with Crippen LogP contribution in [0.1, 0.15) is 17.3 Å². The van der Waals surface area contributed by atoms with Gasteiger partial charge in [-0.3, -0.25) is 0 Å². The van der Waals surface area contributed by atoms with Crippen LogP contribution in [-0.2, 0) is 14.6 Å². The summed E-state index contributed by atoms with van der Waals surface area (Å²) in [6.45, 7) is 1.70. The molecule has 0 saturated heterocycles. The van der Waals surface area contributed by atoms with Crippen molar-refractivity contribution < 1.29 is 17.9 Å². The molecule has 0 fully saturated rings. The van der Waals surface area contributed by atoms with Crippen LogP contribution in [0, 0.1) is 0 Å². The zero-order valence-corrected chi connectivity index (χ0v) is 19.4. The molecule has 4 rings (SSSR count). The Morgan fingerprint density at radius 1 is 1.06 bits per heavy atom. The lowest BCUT2D eigenvalue weighted by atomic mass is 10.0. The average molecular weight is 490 g/mol. The topological polar surface area (TPSA) is 90.6 Å². The number of esters is 1. The van der Waals surface area contributed by atoms with Crippen LogP contribution in [0.4, 0.5) is 0 Å². The number of carbonyl (C=O) groups excluding carboxylic acids is 1. The SMILES string of the molecule is CCOC(=O)c1c(S(C)(=O)=O)nn2c(-c3ccc(Cl)cc3)c(-c3ccccc3Cl)cnc12. The van der Waals surface area contributed by atoms with Gasteiger partial charge in [-0.25, -0.2) is 22.7 Å². The Morgan fingerprint density at radius 2 is 1.75 bits per heavy atom. The molecule has 0 bridgehead atoms. The molecule has 0 N–H and O–H groups in total. The second-order valence-electron chi connectivity index (χ2n) is 6.92. The predicted molar refractivity (Wildman–Crippen MR) is 123 cm³/mol. The minimum absolute atomic E-state index is 0.0598. The maximum atomic E-state index is 12.7. The lowest BCUT2D eigenvalue weighted by Gasteiger charge is -2.13. The molecule has 0 aliphatic rings. The van der Waals surface area contributed by atoms with Crippen LogP contribution in [0.3, 0.4) is 0 Å². The van der Waals surface area contributed by atoms with Crippen LogP contribution in [-0.4, -0.2) is 41.8 Å². The Labute approximate surface area is 194 Å². The van der Waals surface area contributed by atoms with Gasteiger partial charge in [-0.1, -0.05) is 53.5 Å². The third-order valence-electron chi connectivity index (χ3n) is 4.72. The highest BCUT2D eigenvalue weighted by molar-refractivity contribution is 7.90. The molecule has 2 heterocycles. The van der Waals surface area contributed by atoms with E-state index < -0.39 is 20.8 Å². The van der Waals surface area contributed by atoms with Gasteiger partial charge in [-0.2, -0.15) is 5.10 Å². The quantitative estimate of drug-likeness (QED) is 0.368. The number of halogens is 2. The van der Waals surface area contributed by atoms with E-state index in [0.717, 1.165) is 6.26 Å². The van der Waals surface area contributed by atoms with Gasteiger partial charge < -0.3 is 4.74 Å². The molecule has 2 aromatic carbocycles. The van der Waals surface area contributed by atoms with Gasteiger partial charge in [0.15, 0.2) is 20.5 Å². The van der Waals surface area contributed by atoms with Crippen LogP contribution in [0.25, 0.3) is 28.0 Å². The lowest BCUT2D eigenvalue weighted by Crippen LogP contribution is -2.10. The van der Waals surface area contributed by atoms with Gasteiger partial charge >= 0.3 is 5.97 Å². The van der Waals surface area contributed by atoms with Crippen LogP contribution >= 0.6 is 23.2 Å². The number of aromatic nitrogens is 3. The molecule has 0 radical (unpaired) electrons. The number of benzene rings is 2. The van der Waals surface area contributed by atoms with E-state index in [2.05, 4.69) is 10.1 Å². The summed E-state index contributed by atoms with van der Waals surface area (Å²) in [6, 6.07) is 14.1. The molecule has 4 aromatic rings. The van der Waals surface area contributed by atoms with E-state index in [1.165, 1.54) is 10.7 Å². The first-order chi connectivity index (χ1) is 15.2. The average Bonchev–Trinajstić information content (AvgIpc) is 3.15. The van der Waals surface area contributed by atoms with Crippen molar-refractivity contribution in [3.63, 3.8) is 0 Å². The minimum Gasteiger partial charge on any atom is -0.462 e. The Kier molecular flexibility index (Phi) is 5.94. The largest absolute Gasteiger partial charge is 0.462 e. The second kappa shape index (κ2) is 8.54. The molecule has 7 nitrogen and oxygen atoms in total. The number of ether oxygens (including phenoxy) is 1. The van der Waals surface area contributed by atoms with Gasteiger partial charge in [0.05, 0.1) is 12.3 Å². The van der Waals surface area contributed by atoms with Gasteiger partial charge in [0, 0.05) is 39.2 Å². The summed E-state index contributed by atoms with van der Waals surface area (Å²) >= 11 is 12.5. The molecule has 0 unspecified atom stereocenters. The molecule has 0 aliphatic carbocycles. The molecule has 0 aliphatic heterocycles. The molecule has 0 spiro atoms. The number of hydrogen-bond donors (Lipinski definition) is 0. The van der Waals surface area contributed by atoms with Crippen molar-refractivity contribution in [2.45, 2.75) is 11.9 Å². The highest BCUT2D eigenvalue weighted by Crippen LogP contribution is 2.37. The number of hydrogen-bond acceptors (Lipinski definition) is 6. The van der Waals surface area contributed by atoms with Crippen molar-refractivity contribution in [2.75, 3.05) is 12.9 Å². The molecule has 164 valence electrons. The molecular weight excluding hydrogens is 473 g/mol. The number of nitrogens with zero attached hydrogens (tertiary/aromatic N) is 3. The molecule has 2 aromatic heterocycles. The molecule has 0 amide bonds. The van der Waals surface area contributed by atoms with Crippen molar-refractivity contribution in [1.82, 2.24) is 14.6 Å².